The van der Waals surface area contributed by atoms with Gasteiger partial charge in [-0.05, 0) is 37.6 Å². The fraction of sp³-hybridized carbons (Fsp3) is 0.455. The van der Waals surface area contributed by atoms with Crippen LogP contribution in [0, 0.1) is 0 Å². The Morgan fingerprint density at radius 2 is 1.86 bits per heavy atom. The molecule has 0 aromatic heterocycles. The van der Waals surface area contributed by atoms with E-state index >= 15 is 0 Å². The molecule has 0 spiro atoms. The third-order valence-electron chi connectivity index (χ3n) is 2.20. The molecule has 0 amide bonds. The van der Waals surface area contributed by atoms with Gasteiger partial charge >= 0.3 is 0 Å². The first-order valence-corrected chi connectivity index (χ1v) is 4.74. The third kappa shape index (κ3) is 3.36. The molecule has 0 saturated carbocycles. The summed E-state index contributed by atoms with van der Waals surface area (Å²) in [4.78, 5) is 0. The van der Waals surface area contributed by atoms with Crippen molar-refractivity contribution in [3.63, 3.8) is 0 Å². The van der Waals surface area contributed by atoms with Crippen LogP contribution in [0.1, 0.15) is 18.9 Å². The van der Waals surface area contributed by atoms with Crippen LogP contribution in [0.15, 0.2) is 24.3 Å². The summed E-state index contributed by atoms with van der Waals surface area (Å²) in [5.41, 5.74) is 5.64. The van der Waals surface area contributed by atoms with Crippen molar-refractivity contribution in [2.75, 3.05) is 6.54 Å². The molecule has 1 aromatic carbocycles. The van der Waals surface area contributed by atoms with E-state index in [9.17, 15) is 5.11 Å². The summed E-state index contributed by atoms with van der Waals surface area (Å²) in [7, 11) is 0. The van der Waals surface area contributed by atoms with E-state index < -0.39 is 5.60 Å². The van der Waals surface area contributed by atoms with Crippen LogP contribution >= 0.6 is 0 Å². The van der Waals surface area contributed by atoms with Gasteiger partial charge in [-0.1, -0.05) is 12.1 Å². The summed E-state index contributed by atoms with van der Waals surface area (Å²) in [6.07, 6.45) is 1.14. The molecule has 0 bridgehead atoms. The lowest BCUT2D eigenvalue weighted by Gasteiger charge is -2.22. The summed E-state index contributed by atoms with van der Waals surface area (Å²) < 4.78 is 0. The van der Waals surface area contributed by atoms with Gasteiger partial charge in [0.15, 0.2) is 0 Å². The Kier molecular flexibility index (Phi) is 3.49. The predicted octanol–water partition coefficient (Wildman–Crippen LogP) is 1.03. The SMILES string of the molecule is CC(O)(CCN)Cc1ccc(O)cc1. The monoisotopic (exact) mass is 195 g/mol. The zero-order valence-corrected chi connectivity index (χ0v) is 8.40. The van der Waals surface area contributed by atoms with Crippen LogP contribution in [0.4, 0.5) is 0 Å². The Labute approximate surface area is 84.2 Å². The van der Waals surface area contributed by atoms with Gasteiger partial charge in [-0.15, -0.1) is 0 Å². The number of phenols is 1. The van der Waals surface area contributed by atoms with Crippen LogP contribution in [-0.4, -0.2) is 22.4 Å². The molecule has 0 radical (unpaired) electrons. The number of hydrogen-bond donors (Lipinski definition) is 3. The molecule has 14 heavy (non-hydrogen) atoms. The smallest absolute Gasteiger partial charge is 0.115 e. The number of benzene rings is 1. The minimum Gasteiger partial charge on any atom is -0.508 e. The van der Waals surface area contributed by atoms with Gasteiger partial charge in [-0.2, -0.15) is 0 Å². The Bertz CT molecular complexity index is 280. The van der Waals surface area contributed by atoms with Gasteiger partial charge in [0.2, 0.25) is 0 Å². The van der Waals surface area contributed by atoms with Crippen LogP contribution in [0.5, 0.6) is 5.75 Å². The van der Waals surface area contributed by atoms with Crippen molar-refractivity contribution in [3.8, 4) is 5.75 Å². The van der Waals surface area contributed by atoms with E-state index in [-0.39, 0.29) is 5.75 Å². The zero-order chi connectivity index (χ0) is 10.6. The van der Waals surface area contributed by atoms with E-state index in [0.717, 1.165) is 5.56 Å². The number of rotatable bonds is 4. The Morgan fingerprint density at radius 3 is 2.36 bits per heavy atom. The Balaban J connectivity index is 2.64. The predicted molar refractivity (Wildman–Crippen MR) is 56.1 cm³/mol. The minimum atomic E-state index is -0.758. The van der Waals surface area contributed by atoms with Crippen molar-refractivity contribution in [1.29, 1.82) is 0 Å². The lowest BCUT2D eigenvalue weighted by Crippen LogP contribution is -2.30. The summed E-state index contributed by atoms with van der Waals surface area (Å²) in [6, 6.07) is 6.85. The van der Waals surface area contributed by atoms with Gasteiger partial charge in [0.05, 0.1) is 5.60 Å². The highest BCUT2D eigenvalue weighted by molar-refractivity contribution is 5.26. The first-order valence-electron chi connectivity index (χ1n) is 4.74. The van der Waals surface area contributed by atoms with E-state index in [1.54, 1.807) is 31.2 Å². The van der Waals surface area contributed by atoms with Gasteiger partial charge < -0.3 is 15.9 Å². The maximum Gasteiger partial charge on any atom is 0.115 e. The summed E-state index contributed by atoms with van der Waals surface area (Å²) in [6.45, 7) is 2.25. The van der Waals surface area contributed by atoms with Crippen molar-refractivity contribution >= 4 is 0 Å². The van der Waals surface area contributed by atoms with Gasteiger partial charge in [0, 0.05) is 6.42 Å². The van der Waals surface area contributed by atoms with E-state index in [4.69, 9.17) is 10.8 Å². The van der Waals surface area contributed by atoms with Crippen LogP contribution in [0.2, 0.25) is 0 Å². The molecule has 1 atom stereocenters. The zero-order valence-electron chi connectivity index (χ0n) is 8.40. The van der Waals surface area contributed by atoms with E-state index in [1.807, 2.05) is 0 Å². The largest absolute Gasteiger partial charge is 0.508 e. The molecule has 3 heteroatoms. The van der Waals surface area contributed by atoms with Gasteiger partial charge in [0.1, 0.15) is 5.75 Å². The molecule has 1 aromatic rings. The van der Waals surface area contributed by atoms with Crippen molar-refractivity contribution in [2.45, 2.75) is 25.4 Å². The van der Waals surface area contributed by atoms with Crippen LogP contribution < -0.4 is 5.73 Å². The average molecular weight is 195 g/mol. The normalized spacial score (nSPS) is 15.1. The van der Waals surface area contributed by atoms with Crippen LogP contribution in [-0.2, 0) is 6.42 Å². The van der Waals surface area contributed by atoms with Crippen molar-refractivity contribution < 1.29 is 10.2 Å². The first kappa shape index (κ1) is 11.0. The highest BCUT2D eigenvalue weighted by Gasteiger charge is 2.19. The van der Waals surface area contributed by atoms with Crippen LogP contribution in [0.3, 0.4) is 0 Å². The molecular weight excluding hydrogens is 178 g/mol. The maximum absolute atomic E-state index is 9.89. The van der Waals surface area contributed by atoms with Gasteiger partial charge in [0.25, 0.3) is 0 Å². The van der Waals surface area contributed by atoms with E-state index in [0.29, 0.717) is 19.4 Å². The molecule has 3 nitrogen and oxygen atoms in total. The summed E-state index contributed by atoms with van der Waals surface area (Å²) >= 11 is 0. The summed E-state index contributed by atoms with van der Waals surface area (Å²) in [5.74, 6) is 0.243. The van der Waals surface area contributed by atoms with Gasteiger partial charge in [-0.3, -0.25) is 0 Å². The molecule has 0 aliphatic carbocycles. The maximum atomic E-state index is 9.89. The molecule has 78 valence electrons. The molecule has 1 unspecified atom stereocenters. The van der Waals surface area contributed by atoms with Crippen molar-refractivity contribution in [1.82, 2.24) is 0 Å². The third-order valence-corrected chi connectivity index (χ3v) is 2.20. The number of aromatic hydroxyl groups is 1. The topological polar surface area (TPSA) is 66.5 Å². The lowest BCUT2D eigenvalue weighted by molar-refractivity contribution is 0.0539. The number of aliphatic hydroxyl groups is 1. The van der Waals surface area contributed by atoms with E-state index in [2.05, 4.69) is 0 Å². The molecule has 0 fully saturated rings. The molecule has 0 aliphatic heterocycles. The first-order chi connectivity index (χ1) is 6.53. The second-order valence-electron chi connectivity index (χ2n) is 3.88. The quantitative estimate of drug-likeness (QED) is 0.672. The summed E-state index contributed by atoms with van der Waals surface area (Å²) in [5, 5.41) is 19.0. The van der Waals surface area contributed by atoms with Gasteiger partial charge in [-0.25, -0.2) is 0 Å². The minimum absolute atomic E-state index is 0.243. The second kappa shape index (κ2) is 4.44. The Morgan fingerprint density at radius 1 is 1.29 bits per heavy atom. The molecule has 4 N–H and O–H groups in total. The molecule has 0 saturated heterocycles. The number of hydrogen-bond acceptors (Lipinski definition) is 3. The van der Waals surface area contributed by atoms with Crippen LogP contribution in [0.25, 0.3) is 0 Å². The van der Waals surface area contributed by atoms with Crippen molar-refractivity contribution in [2.24, 2.45) is 5.73 Å². The average Bonchev–Trinajstić information content (AvgIpc) is 2.08. The van der Waals surface area contributed by atoms with Crippen molar-refractivity contribution in [3.05, 3.63) is 29.8 Å². The fourth-order valence-corrected chi connectivity index (χ4v) is 1.45. The molecule has 1 rings (SSSR count). The highest BCUT2D eigenvalue weighted by atomic mass is 16.3. The van der Waals surface area contributed by atoms with E-state index in [1.165, 1.54) is 0 Å². The highest BCUT2D eigenvalue weighted by Crippen LogP contribution is 2.18. The Hall–Kier alpha value is -1.06. The molecular formula is C11H17NO2. The second-order valence-corrected chi connectivity index (χ2v) is 3.88. The molecule has 0 heterocycles. The number of nitrogens with two attached hydrogens (primary N) is 1. The fourth-order valence-electron chi connectivity index (χ4n) is 1.45. The number of phenolic OH excluding ortho intramolecular Hbond substituents is 1. The standard InChI is InChI=1S/C11H17NO2/c1-11(14,6-7-12)8-9-2-4-10(13)5-3-9/h2-5,13-14H,6-8,12H2,1H3. The lowest BCUT2D eigenvalue weighted by atomic mass is 9.93. The molecule has 0 aliphatic rings.